The highest BCUT2D eigenvalue weighted by Gasteiger charge is 2.44. The number of thiazole rings is 1. The first-order valence-electron chi connectivity index (χ1n) is 20.6. The van der Waals surface area contributed by atoms with Crippen molar-refractivity contribution in [2.45, 2.75) is 135 Å². The van der Waals surface area contributed by atoms with E-state index in [0.29, 0.717) is 13.0 Å². The van der Waals surface area contributed by atoms with E-state index in [1.165, 1.54) is 0 Å². The standard InChI is InChI=1S/C44H68N4O6S/c1-28(2)34(26-37(50)40(45-6)29(3)4)44(52)47(7)41(32-18-13-14-19-32)38(53-8)27-39(51)48-22-15-20-35(48)42(54-9)30(5)36(49)25-33(43-46-21-23-55-43)24-31-16-11-10-12-17-31/h10-12,16-17,21,23,28-30,32-35,38,40-42,45H,13-15,18-20,22,24-27H2,1-9H3/t30-,33?,34-,35-,38+,40-,41-,42+/m0/s1. The van der Waals surface area contributed by atoms with Crippen LogP contribution in [0.2, 0.25) is 0 Å². The van der Waals surface area contributed by atoms with Gasteiger partial charge in [0, 0.05) is 70.0 Å². The van der Waals surface area contributed by atoms with Gasteiger partial charge in [0.1, 0.15) is 5.78 Å². The van der Waals surface area contributed by atoms with Crippen molar-refractivity contribution in [1.29, 1.82) is 0 Å². The summed E-state index contributed by atoms with van der Waals surface area (Å²) in [5.74, 6) is -0.643. The Balaban J connectivity index is 1.50. The SMILES string of the molecule is CN[C@H](C(=O)C[C@H](C(=O)N(C)[C@@H](C1CCCC1)[C@@H](CC(=O)N1CCC[C@H]1[C@H](OC)[C@@H](C)C(=O)CC(Cc1ccccc1)c1nccs1)OC)C(C)C)C(C)C. The zero-order valence-electron chi connectivity index (χ0n) is 34.9. The molecule has 1 aliphatic carbocycles. The zero-order valence-corrected chi connectivity index (χ0v) is 35.7. The number of likely N-dealkylation sites (N-methyl/N-ethyl adjacent to an activating group) is 2. The van der Waals surface area contributed by atoms with E-state index in [9.17, 15) is 19.2 Å². The van der Waals surface area contributed by atoms with Gasteiger partial charge < -0.3 is 24.6 Å². The molecule has 0 bridgehead atoms. The summed E-state index contributed by atoms with van der Waals surface area (Å²) in [5.41, 5.74) is 1.16. The minimum absolute atomic E-state index is 0.0355. The van der Waals surface area contributed by atoms with Gasteiger partial charge in [0.25, 0.3) is 0 Å². The van der Waals surface area contributed by atoms with Crippen molar-refractivity contribution in [2.24, 2.45) is 29.6 Å². The predicted octanol–water partition coefficient (Wildman–Crippen LogP) is 6.97. The lowest BCUT2D eigenvalue weighted by Gasteiger charge is -2.41. The van der Waals surface area contributed by atoms with Gasteiger partial charge in [-0.3, -0.25) is 19.2 Å². The summed E-state index contributed by atoms with van der Waals surface area (Å²) in [4.78, 5) is 64.5. The molecule has 306 valence electrons. The van der Waals surface area contributed by atoms with Gasteiger partial charge in [0.15, 0.2) is 5.78 Å². The van der Waals surface area contributed by atoms with Crippen LogP contribution >= 0.6 is 11.3 Å². The third-order valence-corrected chi connectivity index (χ3v) is 13.4. The summed E-state index contributed by atoms with van der Waals surface area (Å²) < 4.78 is 12.3. The smallest absolute Gasteiger partial charge is 0.226 e. The van der Waals surface area contributed by atoms with Crippen LogP contribution in [0.5, 0.6) is 0 Å². The van der Waals surface area contributed by atoms with Crippen molar-refractivity contribution < 1.29 is 28.7 Å². The number of aromatic nitrogens is 1. The average Bonchev–Trinajstić information content (AvgIpc) is 3.98. The molecule has 10 nitrogen and oxygen atoms in total. The molecule has 4 rings (SSSR count). The van der Waals surface area contributed by atoms with E-state index in [1.54, 1.807) is 38.8 Å². The number of carbonyl (C=O) groups is 4. The molecule has 0 spiro atoms. The molecule has 1 aromatic heterocycles. The lowest BCUT2D eigenvalue weighted by molar-refractivity contribution is -0.149. The molecule has 0 radical (unpaired) electrons. The van der Waals surface area contributed by atoms with Crippen molar-refractivity contribution >= 4 is 34.7 Å². The third kappa shape index (κ3) is 11.5. The highest BCUT2D eigenvalue weighted by Crippen LogP contribution is 2.36. The molecule has 55 heavy (non-hydrogen) atoms. The molecule has 1 saturated heterocycles. The first-order chi connectivity index (χ1) is 26.3. The van der Waals surface area contributed by atoms with Crippen LogP contribution in [0.25, 0.3) is 0 Å². The number of nitrogens with one attached hydrogen (secondary N) is 1. The fourth-order valence-electron chi connectivity index (χ4n) is 9.36. The van der Waals surface area contributed by atoms with Crippen LogP contribution in [-0.2, 0) is 35.1 Å². The van der Waals surface area contributed by atoms with E-state index >= 15 is 0 Å². The first-order valence-corrected chi connectivity index (χ1v) is 21.5. The summed E-state index contributed by atoms with van der Waals surface area (Å²) in [5, 5.41) is 6.05. The van der Waals surface area contributed by atoms with Gasteiger partial charge in [-0.25, -0.2) is 4.98 Å². The van der Waals surface area contributed by atoms with Crippen LogP contribution in [0.1, 0.15) is 109 Å². The Morgan fingerprint density at radius 3 is 2.16 bits per heavy atom. The van der Waals surface area contributed by atoms with E-state index < -0.39 is 24.0 Å². The van der Waals surface area contributed by atoms with Crippen molar-refractivity contribution in [3.63, 3.8) is 0 Å². The second kappa shape index (κ2) is 21.5. The second-order valence-corrected chi connectivity index (χ2v) is 17.6. The van der Waals surface area contributed by atoms with E-state index in [4.69, 9.17) is 9.47 Å². The molecule has 8 atom stereocenters. The topological polar surface area (TPSA) is 118 Å². The molecule has 1 saturated carbocycles. The molecule has 2 aromatic rings. The molecule has 11 heteroatoms. The Morgan fingerprint density at radius 2 is 1.60 bits per heavy atom. The summed E-state index contributed by atoms with van der Waals surface area (Å²) in [6, 6.07) is 9.34. The minimum Gasteiger partial charge on any atom is -0.379 e. The van der Waals surface area contributed by atoms with Gasteiger partial charge in [-0.2, -0.15) is 0 Å². The van der Waals surface area contributed by atoms with E-state index in [0.717, 1.165) is 55.5 Å². The summed E-state index contributed by atoms with van der Waals surface area (Å²) in [6.45, 7) is 10.5. The van der Waals surface area contributed by atoms with Crippen LogP contribution in [0.15, 0.2) is 41.9 Å². The zero-order chi connectivity index (χ0) is 40.2. The summed E-state index contributed by atoms with van der Waals surface area (Å²) >= 11 is 1.58. The van der Waals surface area contributed by atoms with Gasteiger partial charge in [0.2, 0.25) is 11.8 Å². The number of carbonyl (C=O) groups excluding carboxylic acids is 4. The highest BCUT2D eigenvalue weighted by molar-refractivity contribution is 7.09. The molecule has 2 amide bonds. The number of amides is 2. The molecule has 1 aliphatic heterocycles. The maximum Gasteiger partial charge on any atom is 0.226 e. The number of ketones is 2. The molecule has 1 aromatic carbocycles. The Morgan fingerprint density at radius 1 is 0.909 bits per heavy atom. The number of Topliss-reactive ketones (excluding diaryl/α,β-unsaturated/α-hetero) is 2. The second-order valence-electron chi connectivity index (χ2n) is 16.7. The molecule has 2 aliphatic rings. The Kier molecular flexibility index (Phi) is 17.5. The van der Waals surface area contributed by atoms with Gasteiger partial charge in [-0.15, -0.1) is 11.3 Å². The molecule has 1 unspecified atom stereocenters. The lowest BCUT2D eigenvalue weighted by Crippen LogP contribution is -2.54. The van der Waals surface area contributed by atoms with Crippen LogP contribution in [0.3, 0.4) is 0 Å². The number of hydrogen-bond donors (Lipinski definition) is 1. The lowest BCUT2D eigenvalue weighted by atomic mass is 9.83. The number of hydrogen-bond acceptors (Lipinski definition) is 9. The van der Waals surface area contributed by atoms with Crippen LogP contribution in [0, 0.1) is 29.6 Å². The largest absolute Gasteiger partial charge is 0.379 e. The number of rotatable bonds is 22. The molecule has 2 fully saturated rings. The minimum atomic E-state index is -0.521. The normalized spacial score (nSPS) is 20.3. The fourth-order valence-corrected chi connectivity index (χ4v) is 10.1. The average molecular weight is 781 g/mol. The van der Waals surface area contributed by atoms with Gasteiger partial charge in [-0.05, 0) is 62.5 Å². The van der Waals surface area contributed by atoms with Crippen molar-refractivity contribution in [3.8, 4) is 0 Å². The maximum atomic E-state index is 14.4. The number of nitrogens with zero attached hydrogens (tertiary/aromatic N) is 3. The number of benzene rings is 1. The van der Waals surface area contributed by atoms with Gasteiger partial charge in [0.05, 0.1) is 41.8 Å². The predicted molar refractivity (Wildman–Crippen MR) is 219 cm³/mol. The third-order valence-electron chi connectivity index (χ3n) is 12.4. The van der Waals surface area contributed by atoms with Gasteiger partial charge >= 0.3 is 0 Å². The highest BCUT2D eigenvalue weighted by atomic mass is 32.1. The number of ether oxygens (including phenoxy) is 2. The van der Waals surface area contributed by atoms with Crippen LogP contribution in [-0.4, -0.2) is 103 Å². The molecular formula is C44H68N4O6S. The Hall–Kier alpha value is -2.99. The number of methoxy groups -OCH3 is 2. The van der Waals surface area contributed by atoms with E-state index in [-0.39, 0.29) is 78.0 Å². The summed E-state index contributed by atoms with van der Waals surface area (Å²) in [7, 11) is 6.91. The van der Waals surface area contributed by atoms with Crippen molar-refractivity contribution in [1.82, 2.24) is 20.1 Å². The fraction of sp³-hybridized carbons (Fsp3) is 0.705. The molecule has 2 heterocycles. The van der Waals surface area contributed by atoms with Crippen molar-refractivity contribution in [2.75, 3.05) is 34.9 Å². The first kappa shape index (κ1) is 44.7. The van der Waals surface area contributed by atoms with E-state index in [2.05, 4.69) is 22.4 Å². The Labute approximate surface area is 334 Å². The molecule has 1 N–H and O–H groups in total. The van der Waals surface area contributed by atoms with Gasteiger partial charge in [-0.1, -0.05) is 77.8 Å². The summed E-state index contributed by atoms with van der Waals surface area (Å²) in [6.07, 6.45) is 7.79. The number of likely N-dealkylation sites (tertiary alicyclic amines) is 1. The van der Waals surface area contributed by atoms with E-state index in [1.807, 2.05) is 75.0 Å². The van der Waals surface area contributed by atoms with Crippen molar-refractivity contribution in [3.05, 3.63) is 52.5 Å². The van der Waals surface area contributed by atoms with Crippen LogP contribution < -0.4 is 5.32 Å². The molecular weight excluding hydrogens is 713 g/mol. The quantitative estimate of drug-likeness (QED) is 0.136. The van der Waals surface area contributed by atoms with Crippen LogP contribution in [0.4, 0.5) is 0 Å². The Bertz CT molecular complexity index is 1500. The monoisotopic (exact) mass is 780 g/mol. The maximum absolute atomic E-state index is 14.4.